The maximum Gasteiger partial charge on any atom is 0.536 e. The summed E-state index contributed by atoms with van der Waals surface area (Å²) in [7, 11) is -16.4. The Bertz CT molecular complexity index is 2390. The molecule has 302 valence electrons. The number of nitrogen functional groups attached to an aromatic ring is 1. The Hall–Kier alpha value is -4.43. The number of nitrogens with one attached hydrogen (secondary N) is 1. The van der Waals surface area contributed by atoms with Gasteiger partial charge in [0.05, 0.1) is 19.5 Å². The number of aliphatic hydroxyl groups is 3. The molecule has 2 aliphatic rings. The lowest BCUT2D eigenvalue weighted by Crippen LogP contribution is -2.38. The molecule has 0 spiro atoms. The number of fused-ring (bicyclic) bond motifs is 1. The SMILES string of the molecule is [N-]=[N+]=Nc1ccc(OP(=O)(O)OP(=O)(O)OC[C@H]2O[C@@H](n3cnc4c(N)ncnc43)[C@H](O)[C@@H]2OP(=O)(O)OC[C@H]2O[C@@H](n3ccc(=O)[nH]c3=O)[C@H](O)[C@@H]2O)cc1. The molecule has 11 atom stereocenters. The number of phosphoric ester groups is 3. The third-order valence-electron chi connectivity index (χ3n) is 7.92. The Labute approximate surface area is 310 Å². The largest absolute Gasteiger partial charge is 0.536 e. The number of anilines is 1. The van der Waals surface area contributed by atoms with Crippen LogP contribution in [0.15, 0.2) is 63.9 Å². The van der Waals surface area contributed by atoms with Crippen molar-refractivity contribution in [2.45, 2.75) is 49.1 Å². The summed E-state index contributed by atoms with van der Waals surface area (Å²) in [6, 6.07) is 5.48. The van der Waals surface area contributed by atoms with Gasteiger partial charge in [-0.1, -0.05) is 5.11 Å². The predicted octanol–water partition coefficient (Wildman–Crippen LogP) is -0.407. The molecule has 3 unspecified atom stereocenters. The first-order chi connectivity index (χ1) is 26.4. The molecule has 0 radical (unpaired) electrons. The third kappa shape index (κ3) is 9.23. The van der Waals surface area contributed by atoms with Gasteiger partial charge in [0, 0.05) is 22.9 Å². The van der Waals surface area contributed by atoms with Crippen LogP contribution in [-0.2, 0) is 41.1 Å². The Morgan fingerprint density at radius 1 is 0.875 bits per heavy atom. The summed E-state index contributed by atoms with van der Waals surface area (Å²) in [6.45, 7) is -2.13. The second kappa shape index (κ2) is 16.2. The first-order valence-electron chi connectivity index (χ1n) is 15.5. The number of ether oxygens (including phenoxy) is 2. The molecule has 28 nitrogen and oxygen atoms in total. The molecular formula is C25H29N10O18P3. The molecule has 5 heterocycles. The Morgan fingerprint density at radius 2 is 1.54 bits per heavy atom. The van der Waals surface area contributed by atoms with Gasteiger partial charge in [-0.05, 0) is 29.8 Å². The summed E-state index contributed by atoms with van der Waals surface area (Å²) in [4.78, 5) is 71.1. The summed E-state index contributed by atoms with van der Waals surface area (Å²) < 4.78 is 75.7. The summed E-state index contributed by atoms with van der Waals surface area (Å²) >= 11 is 0. The summed E-state index contributed by atoms with van der Waals surface area (Å²) in [5.41, 5.74) is 12.7. The number of hydrogen-bond acceptors (Lipinski definition) is 20. The van der Waals surface area contributed by atoms with Crippen molar-refractivity contribution < 1.29 is 75.6 Å². The van der Waals surface area contributed by atoms with Gasteiger partial charge in [-0.15, -0.1) is 0 Å². The van der Waals surface area contributed by atoms with Gasteiger partial charge in [-0.25, -0.2) is 33.4 Å². The number of nitrogens with zero attached hydrogens (tertiary/aromatic N) is 8. The van der Waals surface area contributed by atoms with Gasteiger partial charge in [0.15, 0.2) is 23.9 Å². The van der Waals surface area contributed by atoms with E-state index in [-0.39, 0.29) is 28.4 Å². The highest BCUT2D eigenvalue weighted by Gasteiger charge is 2.51. The van der Waals surface area contributed by atoms with Crippen LogP contribution in [0.2, 0.25) is 0 Å². The van der Waals surface area contributed by atoms with E-state index in [4.69, 9.17) is 38.8 Å². The van der Waals surface area contributed by atoms with Gasteiger partial charge >= 0.3 is 29.2 Å². The maximum atomic E-state index is 13.2. The number of aromatic amines is 1. The van der Waals surface area contributed by atoms with E-state index in [1.807, 2.05) is 4.98 Å². The van der Waals surface area contributed by atoms with E-state index in [9.17, 15) is 53.3 Å². The molecule has 3 aromatic heterocycles. The smallest absolute Gasteiger partial charge is 0.404 e. The van der Waals surface area contributed by atoms with E-state index in [0.717, 1.165) is 46.2 Å². The van der Waals surface area contributed by atoms with Crippen molar-refractivity contribution in [3.63, 3.8) is 0 Å². The zero-order valence-corrected chi connectivity index (χ0v) is 30.4. The minimum atomic E-state index is -5.58. The molecule has 0 bridgehead atoms. The number of hydrogen-bond donors (Lipinski definition) is 8. The Balaban J connectivity index is 1.17. The molecule has 2 saturated heterocycles. The van der Waals surface area contributed by atoms with Crippen LogP contribution < -0.4 is 21.5 Å². The van der Waals surface area contributed by atoms with Gasteiger partial charge in [0.1, 0.15) is 54.2 Å². The van der Waals surface area contributed by atoms with Crippen molar-refractivity contribution in [2.75, 3.05) is 18.9 Å². The average molecular weight is 850 g/mol. The number of aromatic nitrogens is 6. The van der Waals surface area contributed by atoms with Crippen LogP contribution in [0.25, 0.3) is 21.6 Å². The lowest BCUT2D eigenvalue weighted by Gasteiger charge is -2.24. The summed E-state index contributed by atoms with van der Waals surface area (Å²) in [5.74, 6) is -0.426. The van der Waals surface area contributed by atoms with Crippen molar-refractivity contribution in [2.24, 2.45) is 5.11 Å². The number of benzene rings is 1. The second-order valence-electron chi connectivity index (χ2n) is 11.6. The van der Waals surface area contributed by atoms with Gasteiger partial charge in [0.2, 0.25) is 0 Å². The van der Waals surface area contributed by atoms with Crippen LogP contribution in [0.1, 0.15) is 12.5 Å². The highest BCUT2D eigenvalue weighted by Crippen LogP contribution is 2.60. The van der Waals surface area contributed by atoms with Gasteiger partial charge in [-0.3, -0.25) is 37.4 Å². The molecule has 2 aliphatic heterocycles. The van der Waals surface area contributed by atoms with Crippen molar-refractivity contribution in [1.82, 2.24) is 29.1 Å². The predicted molar refractivity (Wildman–Crippen MR) is 180 cm³/mol. The van der Waals surface area contributed by atoms with Crippen LogP contribution in [0.4, 0.5) is 11.5 Å². The monoisotopic (exact) mass is 850 g/mol. The summed E-state index contributed by atoms with van der Waals surface area (Å²) in [6.07, 6.45) is -11.0. The maximum absolute atomic E-state index is 13.2. The zero-order valence-electron chi connectivity index (χ0n) is 27.7. The van der Waals surface area contributed by atoms with Crippen LogP contribution in [-0.4, -0.2) is 109 Å². The van der Waals surface area contributed by atoms with E-state index in [2.05, 4.69) is 29.3 Å². The van der Waals surface area contributed by atoms with E-state index >= 15 is 0 Å². The number of azide groups is 1. The average Bonchev–Trinajstić information content (AvgIpc) is 3.77. The van der Waals surface area contributed by atoms with E-state index in [1.165, 1.54) is 12.1 Å². The fourth-order valence-electron chi connectivity index (χ4n) is 5.44. The van der Waals surface area contributed by atoms with E-state index < -0.39 is 97.0 Å². The number of imidazole rings is 1. The highest BCUT2D eigenvalue weighted by molar-refractivity contribution is 7.61. The molecule has 2 fully saturated rings. The minimum absolute atomic E-state index is 0.00521. The fourth-order valence-corrected chi connectivity index (χ4v) is 8.50. The van der Waals surface area contributed by atoms with Crippen LogP contribution in [0, 0.1) is 0 Å². The standard InChI is InChI=1S/C25H29N10O18P3/c26-21-16-22(29-9-28-21)35(10-30-16)24-19(39)20(14(50-24)8-48-55(43,44)53-56(45,46)51-12-3-1-11(2-4-12)32-33-27)52-54(41,42)47-7-13-17(37)18(38)23(49-13)34-6-5-15(36)31-25(34)40/h1-6,9-10,13-14,17-20,23-24,37-39H,7-8H2,(H,41,42)(H,43,44)(H,45,46)(H2,26,28,29)(H,31,36,40)/t13-,14-,17-,18-,19-,20-,23-,24-/m1/s1. The van der Waals surface area contributed by atoms with Gasteiger partial charge in [0.25, 0.3) is 5.56 Å². The van der Waals surface area contributed by atoms with E-state index in [0.29, 0.717) is 0 Å². The molecule has 1 aromatic carbocycles. The fraction of sp³-hybridized carbons (Fsp3) is 0.400. The first kappa shape index (κ1) is 41.2. The van der Waals surface area contributed by atoms with Crippen LogP contribution in [0.5, 0.6) is 5.75 Å². The molecule has 31 heteroatoms. The number of aliphatic hydroxyl groups excluding tert-OH is 3. The topological polar surface area (TPSA) is 410 Å². The Morgan fingerprint density at radius 3 is 2.23 bits per heavy atom. The van der Waals surface area contributed by atoms with Crippen molar-refractivity contribution >= 4 is 46.1 Å². The molecular weight excluding hydrogens is 821 g/mol. The van der Waals surface area contributed by atoms with Crippen LogP contribution >= 0.6 is 23.5 Å². The lowest BCUT2D eigenvalue weighted by molar-refractivity contribution is -0.0607. The zero-order chi connectivity index (χ0) is 40.6. The molecule has 0 amide bonds. The van der Waals surface area contributed by atoms with E-state index in [1.54, 1.807) is 0 Å². The molecule has 56 heavy (non-hydrogen) atoms. The lowest BCUT2D eigenvalue weighted by atomic mass is 10.1. The van der Waals surface area contributed by atoms with Crippen molar-refractivity contribution in [3.05, 3.63) is 80.5 Å². The Kier molecular flexibility index (Phi) is 11.9. The van der Waals surface area contributed by atoms with Gasteiger partial charge in [-0.2, -0.15) is 4.31 Å². The molecule has 0 saturated carbocycles. The third-order valence-corrected chi connectivity index (χ3v) is 11.5. The number of H-pyrrole nitrogens is 1. The number of phosphoric acid groups is 3. The van der Waals surface area contributed by atoms with Crippen LogP contribution in [0.3, 0.4) is 0 Å². The van der Waals surface area contributed by atoms with Crippen molar-refractivity contribution in [3.8, 4) is 5.75 Å². The second-order valence-corrected chi connectivity index (χ2v) is 16.0. The number of rotatable bonds is 15. The summed E-state index contributed by atoms with van der Waals surface area (Å²) in [5, 5.41) is 35.6. The highest BCUT2D eigenvalue weighted by atomic mass is 31.3. The molecule has 6 rings (SSSR count). The van der Waals surface area contributed by atoms with Gasteiger partial charge < -0.3 is 44.8 Å². The number of nitrogens with two attached hydrogens (primary N) is 1. The normalized spacial score (nSPS) is 28.2. The molecule has 0 aliphatic carbocycles. The molecule has 4 aromatic rings. The van der Waals surface area contributed by atoms with Crippen molar-refractivity contribution in [1.29, 1.82) is 0 Å². The first-order valence-corrected chi connectivity index (χ1v) is 20.0. The quantitative estimate of drug-likeness (QED) is 0.0326. The molecule has 9 N–H and O–H groups in total. The minimum Gasteiger partial charge on any atom is -0.404 e.